The average molecular weight is 737 g/mol. The average Bonchev–Trinajstić information content (AvgIpc) is 3.14. The molecule has 310 valence electrons. The first-order valence-corrected chi connectivity index (χ1v) is 23.6. The van der Waals surface area contributed by atoms with Crippen LogP contribution in [-0.4, -0.2) is 37.9 Å². The molecule has 0 radical (unpaired) electrons. The van der Waals surface area contributed by atoms with Crippen LogP contribution in [0.5, 0.6) is 0 Å². The van der Waals surface area contributed by atoms with Crippen molar-refractivity contribution < 1.29 is 23.8 Å². The van der Waals surface area contributed by atoms with Crippen LogP contribution in [0, 0.1) is 0 Å². The van der Waals surface area contributed by atoms with E-state index < -0.39 is 6.10 Å². The molecule has 1 unspecified atom stereocenters. The third kappa shape index (κ3) is 41.7. The van der Waals surface area contributed by atoms with E-state index in [-0.39, 0.29) is 18.5 Å². The zero-order valence-electron chi connectivity index (χ0n) is 35.6. The van der Waals surface area contributed by atoms with E-state index in [0.29, 0.717) is 26.1 Å². The van der Waals surface area contributed by atoms with Crippen LogP contribution in [0.4, 0.5) is 0 Å². The minimum absolute atomic E-state index is 0.0968. The van der Waals surface area contributed by atoms with E-state index in [1.54, 1.807) is 0 Å². The smallest absolute Gasteiger partial charge is 0.306 e. The number of hydrogen-bond acceptors (Lipinski definition) is 5. The Balaban J connectivity index is 4.18. The van der Waals surface area contributed by atoms with Crippen molar-refractivity contribution in [2.24, 2.45) is 0 Å². The van der Waals surface area contributed by atoms with Gasteiger partial charge in [-0.15, -0.1) is 0 Å². The predicted molar refractivity (Wildman–Crippen MR) is 224 cm³/mol. The lowest BCUT2D eigenvalue weighted by Gasteiger charge is -2.18. The van der Waals surface area contributed by atoms with Crippen LogP contribution < -0.4 is 0 Å². The molecule has 52 heavy (non-hydrogen) atoms. The lowest BCUT2D eigenvalue weighted by atomic mass is 10.0. The Hall–Kier alpha value is -1.10. The molecule has 0 saturated carbocycles. The Morgan fingerprint density at radius 2 is 0.635 bits per heavy atom. The van der Waals surface area contributed by atoms with Gasteiger partial charge in [0.05, 0.1) is 6.61 Å². The second-order valence-corrected chi connectivity index (χ2v) is 16.0. The van der Waals surface area contributed by atoms with Crippen LogP contribution in [0.15, 0.2) is 0 Å². The molecule has 5 nitrogen and oxygen atoms in total. The highest BCUT2D eigenvalue weighted by Gasteiger charge is 2.17. The van der Waals surface area contributed by atoms with Crippen LogP contribution >= 0.6 is 0 Å². The van der Waals surface area contributed by atoms with E-state index in [2.05, 4.69) is 20.8 Å². The molecule has 0 saturated heterocycles. The third-order valence-corrected chi connectivity index (χ3v) is 10.6. The van der Waals surface area contributed by atoms with E-state index in [1.807, 2.05) is 0 Å². The highest BCUT2D eigenvalue weighted by Crippen LogP contribution is 2.16. The van der Waals surface area contributed by atoms with Gasteiger partial charge in [0.1, 0.15) is 6.61 Å². The van der Waals surface area contributed by atoms with Gasteiger partial charge in [0.15, 0.2) is 6.10 Å². The summed E-state index contributed by atoms with van der Waals surface area (Å²) in [6, 6.07) is 0. The maximum Gasteiger partial charge on any atom is 0.306 e. The highest BCUT2D eigenvalue weighted by molar-refractivity contribution is 5.70. The maximum atomic E-state index is 12.7. The van der Waals surface area contributed by atoms with Gasteiger partial charge in [0.25, 0.3) is 0 Å². The number of hydrogen-bond donors (Lipinski definition) is 0. The molecule has 0 aliphatic carbocycles. The highest BCUT2D eigenvalue weighted by atomic mass is 16.6. The molecule has 5 heteroatoms. The summed E-state index contributed by atoms with van der Waals surface area (Å²) >= 11 is 0. The largest absolute Gasteiger partial charge is 0.462 e. The van der Waals surface area contributed by atoms with Gasteiger partial charge >= 0.3 is 11.9 Å². The van der Waals surface area contributed by atoms with Crippen LogP contribution in [-0.2, 0) is 23.8 Å². The lowest BCUT2D eigenvalue weighted by molar-refractivity contribution is -0.163. The van der Waals surface area contributed by atoms with Crippen molar-refractivity contribution in [2.45, 2.75) is 271 Å². The summed E-state index contributed by atoms with van der Waals surface area (Å²) in [7, 11) is 0. The Labute approximate surface area is 325 Å². The zero-order valence-corrected chi connectivity index (χ0v) is 35.6. The molecule has 0 aromatic carbocycles. The van der Waals surface area contributed by atoms with Crippen LogP contribution in [0.2, 0.25) is 0 Å². The fourth-order valence-electron chi connectivity index (χ4n) is 7.10. The molecule has 0 spiro atoms. The van der Waals surface area contributed by atoms with E-state index in [4.69, 9.17) is 14.2 Å². The van der Waals surface area contributed by atoms with Gasteiger partial charge < -0.3 is 14.2 Å². The van der Waals surface area contributed by atoms with Crippen molar-refractivity contribution in [1.29, 1.82) is 0 Å². The molecule has 0 aliphatic rings. The number of esters is 2. The summed E-state index contributed by atoms with van der Waals surface area (Å²) in [5.41, 5.74) is 0. The number of carbonyl (C=O) groups is 2. The van der Waals surface area contributed by atoms with Crippen LogP contribution in [0.3, 0.4) is 0 Å². The molecule has 0 fully saturated rings. The zero-order chi connectivity index (χ0) is 37.8. The minimum atomic E-state index is -0.520. The van der Waals surface area contributed by atoms with Gasteiger partial charge in [-0.05, 0) is 19.3 Å². The first kappa shape index (κ1) is 50.9. The number of unbranched alkanes of at least 4 members (excludes halogenated alkanes) is 33. The quantitative estimate of drug-likeness (QED) is 0.0460. The fraction of sp³-hybridized carbons (Fsp3) is 0.957. The van der Waals surface area contributed by atoms with Gasteiger partial charge in [0.2, 0.25) is 0 Å². The number of ether oxygens (including phenoxy) is 3. The molecule has 0 amide bonds. The first-order chi connectivity index (χ1) is 25.6. The summed E-state index contributed by atoms with van der Waals surface area (Å²) in [6.45, 7) is 7.87. The summed E-state index contributed by atoms with van der Waals surface area (Å²) in [5.74, 6) is -0.378. The van der Waals surface area contributed by atoms with Crippen LogP contribution in [0.1, 0.15) is 265 Å². The summed E-state index contributed by atoms with van der Waals surface area (Å²) in [6.07, 6.45) is 46.6. The third-order valence-electron chi connectivity index (χ3n) is 10.6. The normalized spacial score (nSPS) is 12.0. The van der Waals surface area contributed by atoms with E-state index >= 15 is 0 Å². The van der Waals surface area contributed by atoms with Crippen molar-refractivity contribution in [3.8, 4) is 0 Å². The van der Waals surface area contributed by atoms with Crippen molar-refractivity contribution in [3.05, 3.63) is 0 Å². The van der Waals surface area contributed by atoms with Crippen LogP contribution in [0.25, 0.3) is 0 Å². The van der Waals surface area contributed by atoms with Gasteiger partial charge in [-0.1, -0.05) is 233 Å². The standard InChI is InChI=1S/C47H92O5/c1-4-7-10-13-16-19-22-23-24-27-30-33-36-39-42-50-43-45(52-47(49)41-38-35-32-29-26-21-18-15-12-9-6-3)44-51-46(48)40-37-34-31-28-25-20-17-14-11-8-5-2/h45H,4-44H2,1-3H3. The fourth-order valence-corrected chi connectivity index (χ4v) is 7.10. The molecule has 0 aliphatic heterocycles. The summed E-state index contributed by atoms with van der Waals surface area (Å²) in [5, 5.41) is 0. The molecule has 0 aromatic rings. The van der Waals surface area contributed by atoms with Gasteiger partial charge in [-0.2, -0.15) is 0 Å². The molecule has 0 aromatic heterocycles. The maximum absolute atomic E-state index is 12.7. The molecular formula is C47H92O5. The summed E-state index contributed by atoms with van der Waals surface area (Å²) < 4.78 is 17.3. The number of carbonyl (C=O) groups excluding carboxylic acids is 2. The second kappa shape index (κ2) is 44.3. The summed E-state index contributed by atoms with van der Waals surface area (Å²) in [4.78, 5) is 25.2. The van der Waals surface area contributed by atoms with Crippen molar-refractivity contribution in [1.82, 2.24) is 0 Å². The van der Waals surface area contributed by atoms with Gasteiger partial charge in [-0.3, -0.25) is 9.59 Å². The molecule has 0 bridgehead atoms. The predicted octanol–water partition coefficient (Wildman–Crippen LogP) is 15.3. The monoisotopic (exact) mass is 737 g/mol. The van der Waals surface area contributed by atoms with E-state index in [1.165, 1.54) is 199 Å². The lowest BCUT2D eigenvalue weighted by Crippen LogP contribution is -2.30. The Morgan fingerprint density at radius 3 is 0.981 bits per heavy atom. The van der Waals surface area contributed by atoms with Crippen molar-refractivity contribution in [3.63, 3.8) is 0 Å². The van der Waals surface area contributed by atoms with Gasteiger partial charge in [0, 0.05) is 19.4 Å². The topological polar surface area (TPSA) is 61.8 Å². The number of rotatable bonds is 44. The van der Waals surface area contributed by atoms with Crippen molar-refractivity contribution >= 4 is 11.9 Å². The Kier molecular flexibility index (Phi) is 43.4. The Morgan fingerprint density at radius 1 is 0.346 bits per heavy atom. The van der Waals surface area contributed by atoms with E-state index in [0.717, 1.165) is 32.1 Å². The molecule has 0 heterocycles. The first-order valence-electron chi connectivity index (χ1n) is 23.6. The molecule has 0 N–H and O–H groups in total. The SMILES string of the molecule is CCCCCCCCCCCCCCCCOCC(COC(=O)CCCCCCCCCCCCC)OC(=O)CCCCCCCCCCCCC. The van der Waals surface area contributed by atoms with Gasteiger partial charge in [-0.25, -0.2) is 0 Å². The molecule has 1 atom stereocenters. The minimum Gasteiger partial charge on any atom is -0.462 e. The Bertz CT molecular complexity index is 710. The second-order valence-electron chi connectivity index (χ2n) is 16.0. The molecular weight excluding hydrogens is 645 g/mol. The van der Waals surface area contributed by atoms with E-state index in [9.17, 15) is 9.59 Å². The molecule has 0 rings (SSSR count). The van der Waals surface area contributed by atoms with Crippen molar-refractivity contribution in [2.75, 3.05) is 19.8 Å².